The van der Waals surface area contributed by atoms with E-state index in [1.54, 1.807) is 7.11 Å². The van der Waals surface area contributed by atoms with E-state index in [-0.39, 0.29) is 17.0 Å². The lowest BCUT2D eigenvalue weighted by Crippen LogP contribution is -2.32. The summed E-state index contributed by atoms with van der Waals surface area (Å²) in [7, 11) is 1.59. The average molecular weight is 429 g/mol. The molecule has 1 aliphatic rings. The zero-order chi connectivity index (χ0) is 22.8. The van der Waals surface area contributed by atoms with Gasteiger partial charge in [0.1, 0.15) is 5.56 Å². The molecule has 1 aromatic heterocycles. The molecule has 3 N–H and O–H groups in total. The van der Waals surface area contributed by atoms with Crippen molar-refractivity contribution in [1.82, 2.24) is 4.57 Å². The first-order chi connectivity index (χ1) is 14.7. The molecule has 1 aliphatic heterocycles. The fourth-order valence-corrected chi connectivity index (χ4v) is 4.10. The number of carboxylic acid groups (broad SMARTS) is 1. The topological polar surface area (TPSA) is 104 Å². The maximum absolute atomic E-state index is 12.5. The number of fused-ring (bicyclic) bond motifs is 3. The van der Waals surface area contributed by atoms with Crippen LogP contribution in [0.5, 0.6) is 11.5 Å². The van der Waals surface area contributed by atoms with Crippen molar-refractivity contribution in [3.63, 3.8) is 0 Å². The van der Waals surface area contributed by atoms with Gasteiger partial charge in [-0.3, -0.25) is 4.79 Å². The Morgan fingerprint density at radius 3 is 2.55 bits per heavy atom. The van der Waals surface area contributed by atoms with Crippen molar-refractivity contribution in [1.29, 1.82) is 0 Å². The highest BCUT2D eigenvalue weighted by Gasteiger charge is 2.34. The standard InChI is InChI=1S/C24H32N2O5/c1-24(2,3)22-11-15-10-21(31-9-7-5-6-8-25)20(30-4)12-16(15)18-13-19(27)17(23(28)29)14-26(18)22/h10,12-14,22H,5-9,11,25H2,1-4H3,(H,28,29). The van der Waals surface area contributed by atoms with Gasteiger partial charge in [-0.25, -0.2) is 4.79 Å². The molecule has 1 aromatic carbocycles. The van der Waals surface area contributed by atoms with Crippen LogP contribution in [0.2, 0.25) is 0 Å². The number of carboxylic acids is 1. The predicted molar refractivity (Wildman–Crippen MR) is 120 cm³/mol. The minimum absolute atomic E-state index is 0.0144. The number of aromatic carboxylic acids is 1. The van der Waals surface area contributed by atoms with Crippen LogP contribution < -0.4 is 20.6 Å². The second-order valence-electron chi connectivity index (χ2n) is 9.09. The van der Waals surface area contributed by atoms with Gasteiger partial charge < -0.3 is 24.9 Å². The number of ether oxygens (including phenoxy) is 2. The summed E-state index contributed by atoms with van der Waals surface area (Å²) in [6.45, 7) is 7.60. The molecule has 168 valence electrons. The van der Waals surface area contributed by atoms with Crippen LogP contribution in [-0.2, 0) is 6.42 Å². The van der Waals surface area contributed by atoms with Gasteiger partial charge in [0.2, 0.25) is 0 Å². The molecule has 0 amide bonds. The lowest BCUT2D eigenvalue weighted by Gasteiger charge is -2.39. The summed E-state index contributed by atoms with van der Waals surface area (Å²) in [5, 5.41) is 9.45. The minimum Gasteiger partial charge on any atom is -0.493 e. The van der Waals surface area contributed by atoms with Gasteiger partial charge >= 0.3 is 5.97 Å². The molecule has 0 aliphatic carbocycles. The Morgan fingerprint density at radius 2 is 1.94 bits per heavy atom. The van der Waals surface area contributed by atoms with Gasteiger partial charge in [0.25, 0.3) is 0 Å². The van der Waals surface area contributed by atoms with Crippen LogP contribution in [0.25, 0.3) is 11.3 Å². The molecule has 1 atom stereocenters. The van der Waals surface area contributed by atoms with Gasteiger partial charge in [-0.05, 0) is 55.3 Å². The van der Waals surface area contributed by atoms with E-state index in [9.17, 15) is 14.7 Å². The maximum atomic E-state index is 12.5. The monoisotopic (exact) mass is 428 g/mol. The number of unbranched alkanes of at least 4 members (excludes halogenated alkanes) is 2. The average Bonchev–Trinajstić information content (AvgIpc) is 2.71. The third-order valence-electron chi connectivity index (χ3n) is 5.83. The van der Waals surface area contributed by atoms with Gasteiger partial charge in [-0.1, -0.05) is 20.8 Å². The number of aromatic nitrogens is 1. The van der Waals surface area contributed by atoms with Gasteiger partial charge in [0.05, 0.1) is 19.4 Å². The predicted octanol–water partition coefficient (Wildman–Crippen LogP) is 3.87. The summed E-state index contributed by atoms with van der Waals surface area (Å²) < 4.78 is 13.5. The number of benzene rings is 1. The van der Waals surface area contributed by atoms with Gasteiger partial charge in [-0.2, -0.15) is 0 Å². The molecule has 2 heterocycles. The Bertz CT molecular complexity index is 1020. The quantitative estimate of drug-likeness (QED) is 0.619. The van der Waals surface area contributed by atoms with Gasteiger partial charge in [-0.15, -0.1) is 0 Å². The zero-order valence-corrected chi connectivity index (χ0v) is 18.7. The highest BCUT2D eigenvalue weighted by atomic mass is 16.5. The van der Waals surface area contributed by atoms with Crippen molar-refractivity contribution in [3.05, 3.63) is 45.7 Å². The lowest BCUT2D eigenvalue weighted by atomic mass is 9.78. The molecule has 0 radical (unpaired) electrons. The van der Waals surface area contributed by atoms with Crippen molar-refractivity contribution >= 4 is 5.97 Å². The van der Waals surface area contributed by atoms with Crippen LogP contribution in [0, 0.1) is 5.41 Å². The number of nitrogens with zero attached hydrogens (tertiary/aromatic N) is 1. The van der Waals surface area contributed by atoms with Crippen LogP contribution >= 0.6 is 0 Å². The number of hydrogen-bond donors (Lipinski definition) is 2. The first kappa shape index (κ1) is 22.9. The molecule has 31 heavy (non-hydrogen) atoms. The third-order valence-corrected chi connectivity index (χ3v) is 5.83. The lowest BCUT2D eigenvalue weighted by molar-refractivity contribution is 0.0693. The second-order valence-corrected chi connectivity index (χ2v) is 9.09. The summed E-state index contributed by atoms with van der Waals surface area (Å²) in [6, 6.07) is 5.29. The van der Waals surface area contributed by atoms with E-state index in [0.29, 0.717) is 36.8 Å². The molecular formula is C24H32N2O5. The molecule has 0 spiro atoms. The third kappa shape index (κ3) is 4.77. The number of pyridine rings is 1. The first-order valence-corrected chi connectivity index (χ1v) is 10.7. The SMILES string of the molecule is COc1cc2c(cc1OCCCCCN)CC(C(C)(C)C)n1cc(C(=O)O)c(=O)cc1-2. The van der Waals surface area contributed by atoms with Crippen LogP contribution in [-0.4, -0.2) is 35.9 Å². The fraction of sp³-hybridized carbons (Fsp3) is 0.500. The van der Waals surface area contributed by atoms with Crippen LogP contribution in [0.1, 0.15) is 62.0 Å². The Labute approximate surface area is 182 Å². The summed E-state index contributed by atoms with van der Waals surface area (Å²) in [4.78, 5) is 24.1. The van der Waals surface area contributed by atoms with Crippen molar-refractivity contribution in [2.24, 2.45) is 11.1 Å². The largest absolute Gasteiger partial charge is 0.493 e. The normalized spacial score (nSPS) is 15.2. The molecule has 0 fully saturated rings. The Hall–Kier alpha value is -2.80. The second kappa shape index (κ2) is 9.14. The van der Waals surface area contributed by atoms with E-state index >= 15 is 0 Å². The van der Waals surface area contributed by atoms with E-state index in [4.69, 9.17) is 15.2 Å². The number of rotatable bonds is 8. The Morgan fingerprint density at radius 1 is 1.19 bits per heavy atom. The zero-order valence-electron chi connectivity index (χ0n) is 18.7. The van der Waals surface area contributed by atoms with E-state index in [0.717, 1.165) is 30.4 Å². The van der Waals surface area contributed by atoms with Gasteiger partial charge in [0, 0.05) is 23.9 Å². The molecule has 3 rings (SSSR count). The smallest absolute Gasteiger partial charge is 0.341 e. The highest BCUT2D eigenvalue weighted by molar-refractivity contribution is 5.88. The molecule has 7 nitrogen and oxygen atoms in total. The van der Waals surface area contributed by atoms with Crippen molar-refractivity contribution in [3.8, 4) is 22.8 Å². The maximum Gasteiger partial charge on any atom is 0.341 e. The minimum atomic E-state index is -1.21. The summed E-state index contributed by atoms with van der Waals surface area (Å²) in [5.41, 5.74) is 7.30. The molecule has 7 heteroatoms. The van der Waals surface area contributed by atoms with Crippen LogP contribution in [0.15, 0.2) is 29.2 Å². The Kier molecular flexibility index (Phi) is 6.74. The molecule has 0 saturated heterocycles. The number of methoxy groups -OCH3 is 1. The van der Waals surface area contributed by atoms with Gasteiger partial charge in [0.15, 0.2) is 16.9 Å². The molecular weight excluding hydrogens is 396 g/mol. The highest BCUT2D eigenvalue weighted by Crippen LogP contribution is 2.45. The first-order valence-electron chi connectivity index (χ1n) is 10.7. The van der Waals surface area contributed by atoms with Crippen LogP contribution in [0.4, 0.5) is 0 Å². The van der Waals surface area contributed by atoms with Crippen molar-refractivity contribution in [2.45, 2.75) is 52.5 Å². The Balaban J connectivity index is 2.07. The number of carbonyl (C=O) groups is 1. The fourth-order valence-electron chi connectivity index (χ4n) is 4.10. The number of hydrogen-bond acceptors (Lipinski definition) is 5. The van der Waals surface area contributed by atoms with Crippen LogP contribution in [0.3, 0.4) is 0 Å². The molecule has 0 saturated carbocycles. The summed E-state index contributed by atoms with van der Waals surface area (Å²) in [6.07, 6.45) is 5.08. The molecule has 1 unspecified atom stereocenters. The summed E-state index contributed by atoms with van der Waals surface area (Å²) >= 11 is 0. The van der Waals surface area contributed by atoms with Crippen molar-refractivity contribution < 1.29 is 19.4 Å². The van der Waals surface area contributed by atoms with E-state index in [2.05, 4.69) is 20.8 Å². The van der Waals surface area contributed by atoms with E-state index < -0.39 is 11.4 Å². The number of nitrogens with two attached hydrogens (primary N) is 1. The molecule has 0 bridgehead atoms. The van der Waals surface area contributed by atoms with E-state index in [1.165, 1.54) is 12.3 Å². The molecule has 2 aromatic rings. The van der Waals surface area contributed by atoms with Crippen molar-refractivity contribution in [2.75, 3.05) is 20.3 Å². The summed E-state index contributed by atoms with van der Waals surface area (Å²) in [5.74, 6) is 0.0578. The van der Waals surface area contributed by atoms with E-state index in [1.807, 2.05) is 16.7 Å².